The van der Waals surface area contributed by atoms with Crippen molar-refractivity contribution in [1.82, 2.24) is 9.55 Å². The predicted molar refractivity (Wildman–Crippen MR) is 84.2 cm³/mol. The maximum Gasteiger partial charge on any atom is 0.128 e. The van der Waals surface area contributed by atoms with Crippen molar-refractivity contribution in [3.63, 3.8) is 0 Å². The van der Waals surface area contributed by atoms with Gasteiger partial charge in [-0.1, -0.05) is 13.0 Å². The van der Waals surface area contributed by atoms with Crippen molar-refractivity contribution in [2.24, 2.45) is 0 Å². The Morgan fingerprint density at radius 2 is 2.00 bits per heavy atom. The van der Waals surface area contributed by atoms with Crippen molar-refractivity contribution in [3.8, 4) is 5.69 Å². The average molecular weight is 283 g/mol. The zero-order valence-corrected chi connectivity index (χ0v) is 12.2. The molecule has 3 rings (SSSR count). The van der Waals surface area contributed by atoms with E-state index in [0.29, 0.717) is 11.3 Å². The van der Waals surface area contributed by atoms with Gasteiger partial charge in [0.1, 0.15) is 11.6 Å². The van der Waals surface area contributed by atoms with E-state index in [-0.39, 0.29) is 5.82 Å². The van der Waals surface area contributed by atoms with Gasteiger partial charge in [-0.3, -0.25) is 4.57 Å². The number of aromatic nitrogens is 2. The van der Waals surface area contributed by atoms with Gasteiger partial charge < -0.3 is 5.73 Å². The second-order valence-corrected chi connectivity index (χ2v) is 5.30. The fourth-order valence-electron chi connectivity index (χ4n) is 2.55. The Labute approximate surface area is 123 Å². The molecule has 0 amide bonds. The fraction of sp³-hybridized carbons (Fsp3) is 0.235. The lowest BCUT2D eigenvalue weighted by molar-refractivity contribution is 0.617. The van der Waals surface area contributed by atoms with Gasteiger partial charge in [0, 0.05) is 12.1 Å². The molecule has 0 bridgehead atoms. The number of hydrogen-bond donors (Lipinski definition) is 1. The predicted octanol–water partition coefficient (Wildman–Crippen LogP) is 4.01. The van der Waals surface area contributed by atoms with E-state index in [2.05, 4.69) is 11.9 Å². The van der Waals surface area contributed by atoms with Crippen LogP contribution in [0.15, 0.2) is 36.4 Å². The number of imidazole rings is 1. The minimum atomic E-state index is -0.202. The van der Waals surface area contributed by atoms with E-state index < -0.39 is 0 Å². The zero-order valence-electron chi connectivity index (χ0n) is 12.2. The number of aryl methyl sites for hydroxylation is 2. The highest BCUT2D eigenvalue weighted by Crippen LogP contribution is 2.25. The summed E-state index contributed by atoms with van der Waals surface area (Å²) in [5.41, 5.74) is 9.76. The highest BCUT2D eigenvalue weighted by atomic mass is 19.1. The first kappa shape index (κ1) is 13.6. The Morgan fingerprint density at radius 1 is 1.19 bits per heavy atom. The van der Waals surface area contributed by atoms with Crippen molar-refractivity contribution in [2.75, 3.05) is 5.73 Å². The van der Waals surface area contributed by atoms with Crippen molar-refractivity contribution in [2.45, 2.75) is 26.7 Å². The number of halogens is 1. The van der Waals surface area contributed by atoms with Gasteiger partial charge in [-0.05, 0) is 49.2 Å². The van der Waals surface area contributed by atoms with Crippen LogP contribution in [0.4, 0.5) is 10.1 Å². The Balaban J connectivity index is 2.27. The molecule has 108 valence electrons. The number of hydrogen-bond acceptors (Lipinski definition) is 2. The molecule has 3 nitrogen and oxygen atoms in total. The molecule has 0 saturated heterocycles. The van der Waals surface area contributed by atoms with Gasteiger partial charge in [0.05, 0.1) is 16.7 Å². The van der Waals surface area contributed by atoms with Crippen molar-refractivity contribution in [1.29, 1.82) is 0 Å². The molecule has 2 aromatic carbocycles. The second kappa shape index (κ2) is 5.20. The van der Waals surface area contributed by atoms with Crippen molar-refractivity contribution in [3.05, 3.63) is 53.6 Å². The van der Waals surface area contributed by atoms with E-state index >= 15 is 0 Å². The summed E-state index contributed by atoms with van der Waals surface area (Å²) in [5, 5.41) is 0. The van der Waals surface area contributed by atoms with E-state index in [4.69, 9.17) is 5.73 Å². The van der Waals surface area contributed by atoms with Crippen molar-refractivity contribution >= 4 is 16.7 Å². The third-order valence-electron chi connectivity index (χ3n) is 3.64. The van der Waals surface area contributed by atoms with Crippen LogP contribution in [0, 0.1) is 12.7 Å². The number of nitrogen functional groups attached to an aromatic ring is 1. The molecule has 0 saturated carbocycles. The molecule has 4 heteroatoms. The zero-order chi connectivity index (χ0) is 15.0. The summed E-state index contributed by atoms with van der Waals surface area (Å²) in [6.45, 7) is 3.87. The van der Waals surface area contributed by atoms with Crippen LogP contribution in [0.2, 0.25) is 0 Å². The Morgan fingerprint density at radius 3 is 2.71 bits per heavy atom. The van der Waals surface area contributed by atoms with Gasteiger partial charge >= 0.3 is 0 Å². The summed E-state index contributed by atoms with van der Waals surface area (Å²) in [4.78, 5) is 4.65. The molecular formula is C17H18FN3. The highest BCUT2D eigenvalue weighted by Gasteiger charge is 2.13. The summed E-state index contributed by atoms with van der Waals surface area (Å²) in [6, 6.07) is 10.9. The fourth-order valence-corrected chi connectivity index (χ4v) is 2.55. The first-order valence-electron chi connectivity index (χ1n) is 7.13. The Bertz CT molecular complexity index is 805. The van der Waals surface area contributed by atoms with Gasteiger partial charge in [-0.15, -0.1) is 0 Å². The summed E-state index contributed by atoms with van der Waals surface area (Å²) in [7, 11) is 0. The van der Waals surface area contributed by atoms with E-state index in [1.807, 2.05) is 28.8 Å². The molecule has 0 unspecified atom stereocenters. The largest absolute Gasteiger partial charge is 0.399 e. The summed E-state index contributed by atoms with van der Waals surface area (Å²) in [5.74, 6) is 0.730. The molecule has 1 heterocycles. The van der Waals surface area contributed by atoms with Crippen LogP contribution < -0.4 is 5.73 Å². The minimum absolute atomic E-state index is 0.202. The van der Waals surface area contributed by atoms with Crippen LogP contribution >= 0.6 is 0 Å². The van der Waals surface area contributed by atoms with Gasteiger partial charge in [0.25, 0.3) is 0 Å². The molecule has 21 heavy (non-hydrogen) atoms. The standard InChI is InChI=1S/C17H18FN3/c1-3-4-17-20-15-9-12(19)6-8-16(15)21(17)13-7-5-11(2)14(18)10-13/h5-10H,3-4,19H2,1-2H3. The second-order valence-electron chi connectivity index (χ2n) is 5.30. The lowest BCUT2D eigenvalue weighted by Gasteiger charge is -2.10. The van der Waals surface area contributed by atoms with Crippen LogP contribution in [0.25, 0.3) is 16.7 Å². The first-order chi connectivity index (χ1) is 10.1. The maximum absolute atomic E-state index is 13.9. The molecule has 3 aromatic rings. The molecule has 0 spiro atoms. The molecular weight excluding hydrogens is 265 g/mol. The SMILES string of the molecule is CCCc1nc2cc(N)ccc2n1-c1ccc(C)c(F)c1. The van der Waals surface area contributed by atoms with Gasteiger partial charge in [-0.2, -0.15) is 0 Å². The number of anilines is 1. The summed E-state index contributed by atoms with van der Waals surface area (Å²) in [6.07, 6.45) is 1.82. The minimum Gasteiger partial charge on any atom is -0.399 e. The first-order valence-corrected chi connectivity index (χ1v) is 7.13. The molecule has 0 aliphatic heterocycles. The molecule has 2 N–H and O–H groups in total. The number of rotatable bonds is 3. The molecule has 0 aliphatic carbocycles. The van der Waals surface area contributed by atoms with Crippen LogP contribution in [0.1, 0.15) is 24.7 Å². The topological polar surface area (TPSA) is 43.8 Å². The number of nitrogens with two attached hydrogens (primary N) is 1. The maximum atomic E-state index is 13.9. The Hall–Kier alpha value is -2.36. The molecule has 0 atom stereocenters. The Kier molecular flexibility index (Phi) is 3.37. The number of nitrogens with zero attached hydrogens (tertiary/aromatic N) is 2. The van der Waals surface area contributed by atoms with E-state index in [1.54, 1.807) is 19.1 Å². The molecule has 0 fully saturated rings. The van der Waals surface area contributed by atoms with Crippen LogP contribution in [-0.4, -0.2) is 9.55 Å². The quantitative estimate of drug-likeness (QED) is 0.738. The number of benzene rings is 2. The average Bonchev–Trinajstić information content (AvgIpc) is 2.79. The monoisotopic (exact) mass is 283 g/mol. The third kappa shape index (κ3) is 2.37. The van der Waals surface area contributed by atoms with Gasteiger partial charge in [0.15, 0.2) is 0 Å². The smallest absolute Gasteiger partial charge is 0.128 e. The van der Waals surface area contributed by atoms with Gasteiger partial charge in [-0.25, -0.2) is 9.37 Å². The summed E-state index contributed by atoms with van der Waals surface area (Å²) >= 11 is 0. The normalized spacial score (nSPS) is 11.2. The molecule has 0 radical (unpaired) electrons. The highest BCUT2D eigenvalue weighted by molar-refractivity contribution is 5.81. The number of fused-ring (bicyclic) bond motifs is 1. The van der Waals surface area contributed by atoms with Crippen LogP contribution in [0.3, 0.4) is 0 Å². The van der Waals surface area contributed by atoms with Crippen molar-refractivity contribution < 1.29 is 4.39 Å². The van der Waals surface area contributed by atoms with Gasteiger partial charge in [0.2, 0.25) is 0 Å². The molecule has 0 aliphatic rings. The van der Waals surface area contributed by atoms with E-state index in [1.165, 1.54) is 0 Å². The summed E-state index contributed by atoms with van der Waals surface area (Å²) < 4.78 is 15.9. The van der Waals surface area contributed by atoms with Crippen LogP contribution in [0.5, 0.6) is 0 Å². The third-order valence-corrected chi connectivity index (χ3v) is 3.64. The lowest BCUT2D eigenvalue weighted by atomic mass is 10.2. The lowest BCUT2D eigenvalue weighted by Crippen LogP contribution is -2.02. The molecule has 1 aromatic heterocycles. The van der Waals surface area contributed by atoms with E-state index in [9.17, 15) is 4.39 Å². The van der Waals surface area contributed by atoms with Crippen LogP contribution in [-0.2, 0) is 6.42 Å². The van der Waals surface area contributed by atoms with E-state index in [0.717, 1.165) is 35.4 Å².